The molecule has 3 aliphatic rings. The molecule has 2 aromatic heterocycles. The van der Waals surface area contributed by atoms with Crippen LogP contribution in [0.15, 0.2) is 24.5 Å². The Kier molecular flexibility index (Phi) is 6.14. The maximum Gasteiger partial charge on any atom is 0.270 e. The Morgan fingerprint density at radius 2 is 1.88 bits per heavy atom. The standard InChI is InChI=1S/C24H33N7O3/c1-14(2)31-18(8-11-26-31)23(33)28-21(20(15-3-4-15)16-5-6-16)24(34)27-19-9-12-30(29-19)13-17-7-10-25-22(17)32/h8-9,11-12,14-17,20-21H,3-7,10,13H2,1-2H3,(H,25,32)(H,28,33)(H,27,29,34)/t17?,21-/m0/s1. The first-order chi connectivity index (χ1) is 16.4. The lowest BCUT2D eigenvalue weighted by Gasteiger charge is -2.27. The minimum atomic E-state index is -0.631. The van der Waals surface area contributed by atoms with Crippen molar-refractivity contribution >= 4 is 23.5 Å². The molecule has 1 aliphatic heterocycles. The van der Waals surface area contributed by atoms with Gasteiger partial charge in [0.05, 0.1) is 12.5 Å². The molecule has 10 heteroatoms. The van der Waals surface area contributed by atoms with Crippen molar-refractivity contribution in [3.8, 4) is 0 Å². The van der Waals surface area contributed by atoms with Gasteiger partial charge in [-0.25, -0.2) is 0 Å². The van der Waals surface area contributed by atoms with E-state index < -0.39 is 6.04 Å². The topological polar surface area (TPSA) is 123 Å². The van der Waals surface area contributed by atoms with Crippen molar-refractivity contribution in [2.24, 2.45) is 23.7 Å². The van der Waals surface area contributed by atoms with Gasteiger partial charge in [0.25, 0.3) is 5.91 Å². The van der Waals surface area contributed by atoms with Crippen LogP contribution in [0, 0.1) is 23.7 Å². The first-order valence-electron chi connectivity index (χ1n) is 12.4. The molecular formula is C24H33N7O3. The van der Waals surface area contributed by atoms with E-state index in [1.807, 2.05) is 13.8 Å². The number of amides is 3. The third kappa shape index (κ3) is 4.85. The second kappa shape index (κ2) is 9.23. The summed E-state index contributed by atoms with van der Waals surface area (Å²) in [7, 11) is 0. The molecule has 0 bridgehead atoms. The number of carbonyl (C=O) groups is 3. The number of carbonyl (C=O) groups excluding carboxylic acids is 3. The SMILES string of the molecule is CC(C)n1nccc1C(=O)N[C@H](C(=O)Nc1ccn(CC2CCNC2=O)n1)C(C1CC1)C1CC1. The van der Waals surface area contributed by atoms with Gasteiger partial charge in [-0.2, -0.15) is 10.2 Å². The average Bonchev–Trinajstić information content (AvgIpc) is 3.68. The van der Waals surface area contributed by atoms with Crippen LogP contribution in [-0.2, 0) is 16.1 Å². The summed E-state index contributed by atoms with van der Waals surface area (Å²) in [5.41, 5.74) is 0.456. The lowest BCUT2D eigenvalue weighted by atomic mass is 9.88. The van der Waals surface area contributed by atoms with Crippen LogP contribution in [0.2, 0.25) is 0 Å². The molecule has 3 amide bonds. The van der Waals surface area contributed by atoms with Crippen LogP contribution >= 0.6 is 0 Å². The first-order valence-corrected chi connectivity index (χ1v) is 12.4. The van der Waals surface area contributed by atoms with Gasteiger partial charge in [0.1, 0.15) is 11.7 Å². The van der Waals surface area contributed by atoms with Crippen LogP contribution in [0.3, 0.4) is 0 Å². The van der Waals surface area contributed by atoms with Crippen molar-refractivity contribution < 1.29 is 14.4 Å². The summed E-state index contributed by atoms with van der Waals surface area (Å²) >= 11 is 0. The molecule has 3 fully saturated rings. The van der Waals surface area contributed by atoms with Gasteiger partial charge >= 0.3 is 0 Å². The van der Waals surface area contributed by atoms with Crippen molar-refractivity contribution in [2.45, 2.75) is 64.6 Å². The molecule has 1 saturated heterocycles. The molecule has 34 heavy (non-hydrogen) atoms. The molecule has 1 unspecified atom stereocenters. The second-order valence-corrected chi connectivity index (χ2v) is 10.1. The Morgan fingerprint density at radius 1 is 1.15 bits per heavy atom. The van der Waals surface area contributed by atoms with E-state index in [0.717, 1.165) is 32.1 Å². The Balaban J connectivity index is 1.31. The van der Waals surface area contributed by atoms with Gasteiger partial charge in [0.15, 0.2) is 5.82 Å². The molecule has 5 rings (SSSR count). The highest BCUT2D eigenvalue weighted by molar-refractivity contribution is 6.00. The lowest BCUT2D eigenvalue weighted by Crippen LogP contribution is -2.50. The van der Waals surface area contributed by atoms with Gasteiger partial charge in [0, 0.05) is 31.0 Å². The smallest absolute Gasteiger partial charge is 0.270 e. The van der Waals surface area contributed by atoms with E-state index in [0.29, 0.717) is 36.4 Å². The van der Waals surface area contributed by atoms with Gasteiger partial charge in [-0.3, -0.25) is 23.7 Å². The molecule has 2 aromatic rings. The van der Waals surface area contributed by atoms with Crippen molar-refractivity contribution in [1.29, 1.82) is 0 Å². The maximum absolute atomic E-state index is 13.5. The molecule has 2 aliphatic carbocycles. The van der Waals surface area contributed by atoms with Crippen LogP contribution in [0.5, 0.6) is 0 Å². The van der Waals surface area contributed by atoms with Crippen LogP contribution in [0.1, 0.15) is 62.5 Å². The molecule has 3 heterocycles. The molecule has 2 saturated carbocycles. The molecule has 0 spiro atoms. The summed E-state index contributed by atoms with van der Waals surface area (Å²) in [4.78, 5) is 38.6. The number of aromatic nitrogens is 4. The highest BCUT2D eigenvalue weighted by Gasteiger charge is 2.48. The monoisotopic (exact) mass is 467 g/mol. The number of anilines is 1. The molecule has 0 radical (unpaired) electrons. The van der Waals surface area contributed by atoms with E-state index in [1.54, 1.807) is 33.9 Å². The first kappa shape index (κ1) is 22.6. The summed E-state index contributed by atoms with van der Waals surface area (Å²) in [5.74, 6) is 0.918. The van der Waals surface area contributed by atoms with Crippen LogP contribution in [0.25, 0.3) is 0 Å². The summed E-state index contributed by atoms with van der Waals surface area (Å²) in [5, 5.41) is 17.5. The van der Waals surface area contributed by atoms with Gasteiger partial charge in [-0.15, -0.1) is 0 Å². The van der Waals surface area contributed by atoms with Crippen molar-refractivity contribution in [2.75, 3.05) is 11.9 Å². The third-order valence-electron chi connectivity index (χ3n) is 7.14. The summed E-state index contributed by atoms with van der Waals surface area (Å²) in [6, 6.07) is 2.83. The molecule has 3 N–H and O–H groups in total. The summed E-state index contributed by atoms with van der Waals surface area (Å²) < 4.78 is 3.37. The fraction of sp³-hybridized carbons (Fsp3) is 0.625. The zero-order valence-electron chi connectivity index (χ0n) is 19.7. The highest BCUT2D eigenvalue weighted by Crippen LogP contribution is 2.50. The zero-order valence-corrected chi connectivity index (χ0v) is 19.7. The van der Waals surface area contributed by atoms with E-state index in [9.17, 15) is 14.4 Å². The van der Waals surface area contributed by atoms with Crippen LogP contribution < -0.4 is 16.0 Å². The van der Waals surface area contributed by atoms with Gasteiger partial charge in [0.2, 0.25) is 11.8 Å². The maximum atomic E-state index is 13.5. The van der Waals surface area contributed by atoms with Gasteiger partial charge in [-0.1, -0.05) is 0 Å². The molecule has 0 aromatic carbocycles. The summed E-state index contributed by atoms with van der Waals surface area (Å²) in [6.45, 7) is 5.11. The predicted octanol–water partition coefficient (Wildman–Crippen LogP) is 1.97. The van der Waals surface area contributed by atoms with E-state index in [-0.39, 0.29) is 35.6 Å². The predicted molar refractivity (Wildman–Crippen MR) is 125 cm³/mol. The van der Waals surface area contributed by atoms with Gasteiger partial charge < -0.3 is 16.0 Å². The number of hydrogen-bond acceptors (Lipinski definition) is 5. The highest BCUT2D eigenvalue weighted by atomic mass is 16.2. The number of nitrogens with zero attached hydrogens (tertiary/aromatic N) is 4. The van der Waals surface area contributed by atoms with Crippen LogP contribution in [-0.4, -0.2) is 49.9 Å². The lowest BCUT2D eigenvalue weighted by molar-refractivity contribution is -0.123. The van der Waals surface area contributed by atoms with Gasteiger partial charge in [-0.05, 0) is 69.8 Å². The minimum absolute atomic E-state index is 0.0385. The van der Waals surface area contributed by atoms with Crippen molar-refractivity contribution in [1.82, 2.24) is 30.2 Å². The summed E-state index contributed by atoms with van der Waals surface area (Å²) in [6.07, 6.45) is 8.57. The van der Waals surface area contributed by atoms with E-state index in [2.05, 4.69) is 26.1 Å². The fourth-order valence-corrected chi connectivity index (χ4v) is 5.13. The Morgan fingerprint density at radius 3 is 2.50 bits per heavy atom. The number of rotatable bonds is 10. The Hall–Kier alpha value is -3.17. The molecule has 182 valence electrons. The Labute approximate surface area is 198 Å². The molecule has 10 nitrogen and oxygen atoms in total. The average molecular weight is 468 g/mol. The van der Waals surface area contributed by atoms with Crippen molar-refractivity contribution in [3.05, 3.63) is 30.2 Å². The van der Waals surface area contributed by atoms with E-state index in [4.69, 9.17) is 0 Å². The normalized spacial score (nSPS) is 21.1. The van der Waals surface area contributed by atoms with Crippen LogP contribution in [0.4, 0.5) is 5.82 Å². The Bertz CT molecular complexity index is 1050. The molecular weight excluding hydrogens is 434 g/mol. The fourth-order valence-electron chi connectivity index (χ4n) is 5.13. The van der Waals surface area contributed by atoms with E-state index >= 15 is 0 Å². The second-order valence-electron chi connectivity index (χ2n) is 10.1. The third-order valence-corrected chi connectivity index (χ3v) is 7.14. The van der Waals surface area contributed by atoms with Crippen molar-refractivity contribution in [3.63, 3.8) is 0 Å². The number of nitrogens with one attached hydrogen (secondary N) is 3. The quantitative estimate of drug-likeness (QED) is 0.493. The van der Waals surface area contributed by atoms with E-state index in [1.165, 1.54) is 0 Å². The molecule has 2 atom stereocenters. The number of hydrogen-bond donors (Lipinski definition) is 3. The minimum Gasteiger partial charge on any atom is -0.356 e. The zero-order chi connectivity index (χ0) is 23.8. The largest absolute Gasteiger partial charge is 0.356 e.